The first kappa shape index (κ1) is 26.9. The Morgan fingerprint density at radius 3 is 2.81 bits per heavy atom. The van der Waals surface area contributed by atoms with Crippen LogP contribution in [0.15, 0.2) is 29.2 Å². The van der Waals surface area contributed by atoms with Crippen LogP contribution in [0, 0.1) is 17.1 Å². The minimum absolute atomic E-state index is 0.0518. The normalized spacial score (nSPS) is 19.3. The Labute approximate surface area is 220 Å². The molecule has 3 heterocycles. The topological polar surface area (TPSA) is 86.4 Å². The predicted molar refractivity (Wildman–Crippen MR) is 136 cm³/mol. The number of alkyl halides is 2. The van der Waals surface area contributed by atoms with Crippen molar-refractivity contribution in [1.82, 2.24) is 14.1 Å². The second kappa shape index (κ2) is 12.4. The Bertz CT molecular complexity index is 1150. The number of hydrogen-bond donors (Lipinski definition) is 1. The summed E-state index contributed by atoms with van der Waals surface area (Å²) in [5.41, 5.74) is -0.193. The van der Waals surface area contributed by atoms with Crippen LogP contribution in [0.2, 0.25) is 5.02 Å². The third-order valence-corrected chi connectivity index (χ3v) is 8.48. The number of aromatic nitrogens is 2. The Hall–Kier alpha value is -2.11. The van der Waals surface area contributed by atoms with Crippen LogP contribution in [0.5, 0.6) is 0 Å². The first-order valence-corrected chi connectivity index (χ1v) is 13.4. The molecule has 1 N–H and O–H groups in total. The zero-order valence-corrected chi connectivity index (χ0v) is 21.5. The van der Waals surface area contributed by atoms with E-state index >= 15 is 0 Å². The van der Waals surface area contributed by atoms with Crippen molar-refractivity contribution in [2.45, 2.75) is 30.7 Å². The summed E-state index contributed by atoms with van der Waals surface area (Å²) in [5, 5.41) is 16.7. The van der Waals surface area contributed by atoms with E-state index in [1.165, 1.54) is 23.0 Å². The fourth-order valence-corrected chi connectivity index (χ4v) is 6.01. The van der Waals surface area contributed by atoms with Crippen LogP contribution in [0.1, 0.15) is 24.4 Å². The van der Waals surface area contributed by atoms with Crippen LogP contribution in [-0.4, -0.2) is 64.5 Å². The van der Waals surface area contributed by atoms with Gasteiger partial charge in [0.05, 0.1) is 48.5 Å². The average Bonchev–Trinajstić information content (AvgIpc) is 2.89. The van der Waals surface area contributed by atoms with Crippen molar-refractivity contribution in [2.24, 2.45) is 0 Å². The largest absolute Gasteiger partial charge is 0.381 e. The summed E-state index contributed by atoms with van der Waals surface area (Å²) < 4.78 is 50.8. The van der Waals surface area contributed by atoms with Crippen LogP contribution < -0.4 is 15.2 Å². The quantitative estimate of drug-likeness (QED) is 0.373. The number of thioether (sulfide) groups is 1. The van der Waals surface area contributed by atoms with Crippen molar-refractivity contribution in [3.63, 3.8) is 0 Å². The van der Waals surface area contributed by atoms with Gasteiger partial charge in [0.15, 0.2) is 0 Å². The molecule has 2 aliphatic heterocycles. The maximum absolute atomic E-state index is 14.3. The van der Waals surface area contributed by atoms with Gasteiger partial charge in [0.2, 0.25) is 0 Å². The number of nitrogens with one attached hydrogen (secondary N) is 1. The molecule has 1 unspecified atom stereocenters. The molecule has 2 saturated heterocycles. The molecule has 1 atom stereocenters. The third-order valence-electron chi connectivity index (χ3n) is 5.81. The summed E-state index contributed by atoms with van der Waals surface area (Å²) in [6, 6.07) is 4.93. The minimum atomic E-state index is -2.96. The van der Waals surface area contributed by atoms with Crippen molar-refractivity contribution >= 4 is 46.9 Å². The maximum atomic E-state index is 14.3. The van der Waals surface area contributed by atoms with Crippen LogP contribution in [0.25, 0.3) is 0 Å². The molecule has 0 saturated carbocycles. The summed E-state index contributed by atoms with van der Waals surface area (Å²) in [6.07, 6.45) is 2.49. The van der Waals surface area contributed by atoms with Gasteiger partial charge in [-0.2, -0.15) is 30.9 Å². The van der Waals surface area contributed by atoms with Gasteiger partial charge >= 0.3 is 6.55 Å². The molecule has 0 spiro atoms. The lowest BCUT2D eigenvalue weighted by atomic mass is 10.1. The first-order chi connectivity index (χ1) is 17.4. The number of rotatable bonds is 8. The average molecular weight is 561 g/mol. The number of nitriles is 1. The number of piperidine rings is 1. The van der Waals surface area contributed by atoms with E-state index in [4.69, 9.17) is 21.6 Å². The molecule has 1 aromatic carbocycles. The molecule has 8 nitrogen and oxygen atoms in total. The lowest BCUT2D eigenvalue weighted by Gasteiger charge is -2.34. The minimum Gasteiger partial charge on any atom is -0.381 e. The highest BCUT2D eigenvalue weighted by molar-refractivity contribution is 8.00. The van der Waals surface area contributed by atoms with E-state index in [9.17, 15) is 18.0 Å². The summed E-state index contributed by atoms with van der Waals surface area (Å²) in [5.74, 6) is 0.0273. The van der Waals surface area contributed by atoms with Gasteiger partial charge in [0.1, 0.15) is 10.8 Å². The van der Waals surface area contributed by atoms with E-state index in [-0.39, 0.29) is 27.6 Å². The van der Waals surface area contributed by atoms with E-state index in [0.29, 0.717) is 49.1 Å². The van der Waals surface area contributed by atoms with Crippen LogP contribution in [-0.2, 0) is 4.74 Å². The maximum Gasteiger partial charge on any atom is 0.325 e. The van der Waals surface area contributed by atoms with E-state index < -0.39 is 17.9 Å². The highest BCUT2D eigenvalue weighted by atomic mass is 35.5. The SMILES string of the molecule is N#Cc1ccc(N(SN2CCC(n3ncc(NCC4COCCS4)c(Cl)c3=O)CC2)C(F)F)c(F)c1. The summed E-state index contributed by atoms with van der Waals surface area (Å²) >= 11 is 8.86. The second-order valence-corrected chi connectivity index (χ2v) is 11.1. The zero-order chi connectivity index (χ0) is 25.7. The second-order valence-electron chi connectivity index (χ2n) is 8.19. The molecule has 0 bridgehead atoms. The van der Waals surface area contributed by atoms with Crippen molar-refractivity contribution in [1.29, 1.82) is 5.26 Å². The predicted octanol–water partition coefficient (Wildman–Crippen LogP) is 4.38. The van der Waals surface area contributed by atoms with Crippen molar-refractivity contribution in [3.8, 4) is 6.07 Å². The van der Waals surface area contributed by atoms with Crippen molar-refractivity contribution < 1.29 is 17.9 Å². The lowest BCUT2D eigenvalue weighted by molar-refractivity contribution is 0.145. The molecule has 0 aliphatic carbocycles. The van der Waals surface area contributed by atoms with Crippen molar-refractivity contribution in [3.05, 3.63) is 51.2 Å². The molecule has 2 fully saturated rings. The van der Waals surface area contributed by atoms with E-state index in [1.807, 2.05) is 0 Å². The van der Waals surface area contributed by atoms with Crippen LogP contribution in [0.4, 0.5) is 24.5 Å². The number of hydrogen-bond acceptors (Lipinski definition) is 9. The molecule has 36 heavy (non-hydrogen) atoms. The van der Waals surface area contributed by atoms with E-state index in [2.05, 4.69) is 10.4 Å². The molecule has 2 aromatic rings. The van der Waals surface area contributed by atoms with Crippen LogP contribution >= 0.6 is 35.5 Å². The molecule has 14 heteroatoms. The summed E-state index contributed by atoms with van der Waals surface area (Å²) in [6.45, 7) is -0.231. The monoisotopic (exact) mass is 560 g/mol. The first-order valence-electron chi connectivity index (χ1n) is 11.3. The summed E-state index contributed by atoms with van der Waals surface area (Å²) in [4.78, 5) is 12.9. The molecule has 0 radical (unpaired) electrons. The standard InChI is InChI=1S/C22H24ClF3N6O2S2/c23-20-18(28-11-16-13-34-7-8-35-16)12-29-31(21(20)33)15-3-5-30(6-4-15)36-32(22(25)26)19-2-1-14(10-27)9-17(19)24/h1-2,9,12,15-16,22,28H,3-8,11,13H2. The number of benzene rings is 1. The van der Waals surface area contributed by atoms with Gasteiger partial charge in [0.25, 0.3) is 5.56 Å². The number of halogens is 4. The van der Waals surface area contributed by atoms with Gasteiger partial charge in [0, 0.05) is 42.8 Å². The highest BCUT2D eigenvalue weighted by Crippen LogP contribution is 2.34. The zero-order valence-electron chi connectivity index (χ0n) is 19.1. The Morgan fingerprint density at radius 2 is 2.17 bits per heavy atom. The van der Waals surface area contributed by atoms with Gasteiger partial charge in [-0.15, -0.1) is 0 Å². The lowest BCUT2D eigenvalue weighted by Crippen LogP contribution is -2.38. The van der Waals surface area contributed by atoms with E-state index in [0.717, 1.165) is 30.6 Å². The van der Waals surface area contributed by atoms with Crippen molar-refractivity contribution in [2.75, 3.05) is 48.2 Å². The Kier molecular flexibility index (Phi) is 9.30. The summed E-state index contributed by atoms with van der Waals surface area (Å²) in [7, 11) is 0. The smallest absolute Gasteiger partial charge is 0.325 e. The molecule has 4 rings (SSSR count). The molecule has 2 aliphatic rings. The molecular formula is C22H24ClF3N6O2S2. The number of nitrogens with zero attached hydrogens (tertiary/aromatic N) is 5. The molecule has 1 aromatic heterocycles. The van der Waals surface area contributed by atoms with Gasteiger partial charge < -0.3 is 10.1 Å². The van der Waals surface area contributed by atoms with Gasteiger partial charge in [-0.1, -0.05) is 11.6 Å². The third kappa shape index (κ3) is 6.41. The van der Waals surface area contributed by atoms with Gasteiger partial charge in [-0.25, -0.2) is 17.7 Å². The fourth-order valence-electron chi connectivity index (χ4n) is 3.94. The Balaban J connectivity index is 1.36. The van der Waals surface area contributed by atoms with Gasteiger partial charge in [-0.05, 0) is 31.0 Å². The fraction of sp³-hybridized carbons (Fsp3) is 0.500. The Morgan fingerprint density at radius 1 is 1.39 bits per heavy atom. The van der Waals surface area contributed by atoms with E-state index in [1.54, 1.807) is 22.1 Å². The highest BCUT2D eigenvalue weighted by Gasteiger charge is 2.29. The molecule has 0 amide bonds. The molecular weight excluding hydrogens is 537 g/mol. The van der Waals surface area contributed by atoms with Gasteiger partial charge in [-0.3, -0.25) is 4.79 Å². The molecule has 194 valence electrons. The number of anilines is 2. The van der Waals surface area contributed by atoms with Crippen LogP contribution in [0.3, 0.4) is 0 Å². The number of ether oxygens (including phenoxy) is 1.